The smallest absolute Gasteiger partial charge is 0.317 e. The van der Waals surface area contributed by atoms with Gasteiger partial charge in [0.15, 0.2) is 0 Å². The fraction of sp³-hybridized carbons (Fsp3) is 0.846. The minimum atomic E-state index is -0.778. The molecule has 18 heavy (non-hydrogen) atoms. The number of carboxylic acid groups (broad SMARTS) is 1. The number of hydrogen-bond acceptors (Lipinski definition) is 2. The first-order valence-corrected chi connectivity index (χ1v) is 6.66. The standard InChI is InChI=1S/C13H24N2O3/c1-4-15(10(2)3)12(18)14-9-13(6-5-7-13)8-11(16)17/h10H,4-9H2,1-3H3,(H,14,18)(H,16,17). The Kier molecular flexibility index (Phi) is 4.99. The molecule has 2 N–H and O–H groups in total. The van der Waals surface area contributed by atoms with Crippen LogP contribution in [0, 0.1) is 5.41 Å². The molecule has 0 aliphatic heterocycles. The van der Waals surface area contributed by atoms with Crippen molar-refractivity contribution in [2.75, 3.05) is 13.1 Å². The first-order valence-electron chi connectivity index (χ1n) is 6.66. The number of amides is 2. The van der Waals surface area contributed by atoms with E-state index in [2.05, 4.69) is 5.32 Å². The van der Waals surface area contributed by atoms with Crippen LogP contribution in [0.25, 0.3) is 0 Å². The zero-order valence-electron chi connectivity index (χ0n) is 11.5. The molecular formula is C13H24N2O3. The Morgan fingerprint density at radius 1 is 1.39 bits per heavy atom. The largest absolute Gasteiger partial charge is 0.481 e. The number of nitrogens with one attached hydrogen (secondary N) is 1. The van der Waals surface area contributed by atoms with Gasteiger partial charge in [-0.2, -0.15) is 0 Å². The normalized spacial score (nSPS) is 17.1. The van der Waals surface area contributed by atoms with Gasteiger partial charge < -0.3 is 15.3 Å². The molecule has 1 aliphatic rings. The predicted molar refractivity (Wildman–Crippen MR) is 69.5 cm³/mol. The monoisotopic (exact) mass is 256 g/mol. The van der Waals surface area contributed by atoms with E-state index in [0.29, 0.717) is 13.1 Å². The first kappa shape index (κ1) is 14.8. The average Bonchev–Trinajstić information content (AvgIpc) is 2.21. The summed E-state index contributed by atoms with van der Waals surface area (Å²) in [6.07, 6.45) is 3.01. The second-order valence-electron chi connectivity index (χ2n) is 5.46. The Morgan fingerprint density at radius 3 is 2.33 bits per heavy atom. The summed E-state index contributed by atoms with van der Waals surface area (Å²) in [6.45, 7) is 7.02. The molecule has 1 fully saturated rings. The fourth-order valence-corrected chi connectivity index (χ4v) is 2.52. The number of rotatable bonds is 6. The third-order valence-electron chi connectivity index (χ3n) is 3.78. The number of aliphatic carboxylic acids is 1. The molecule has 1 saturated carbocycles. The van der Waals surface area contributed by atoms with Crippen LogP contribution in [0.5, 0.6) is 0 Å². The molecular weight excluding hydrogens is 232 g/mol. The number of carbonyl (C=O) groups is 2. The van der Waals surface area contributed by atoms with Gasteiger partial charge in [0.2, 0.25) is 0 Å². The lowest BCUT2D eigenvalue weighted by Gasteiger charge is -2.41. The van der Waals surface area contributed by atoms with E-state index >= 15 is 0 Å². The molecule has 2 amide bonds. The van der Waals surface area contributed by atoms with Gasteiger partial charge in [-0.3, -0.25) is 4.79 Å². The Labute approximate surface area is 109 Å². The Bertz CT molecular complexity index is 311. The van der Waals surface area contributed by atoms with Gasteiger partial charge in [0, 0.05) is 19.1 Å². The van der Waals surface area contributed by atoms with Crippen molar-refractivity contribution in [1.82, 2.24) is 10.2 Å². The lowest BCUT2D eigenvalue weighted by molar-refractivity contribution is -0.141. The van der Waals surface area contributed by atoms with Crippen molar-refractivity contribution in [3.63, 3.8) is 0 Å². The summed E-state index contributed by atoms with van der Waals surface area (Å²) >= 11 is 0. The summed E-state index contributed by atoms with van der Waals surface area (Å²) in [6, 6.07) is 0.0657. The maximum absolute atomic E-state index is 12.0. The summed E-state index contributed by atoms with van der Waals surface area (Å²) in [5.74, 6) is -0.778. The Morgan fingerprint density at radius 2 is 2.00 bits per heavy atom. The van der Waals surface area contributed by atoms with Gasteiger partial charge in [-0.15, -0.1) is 0 Å². The van der Waals surface area contributed by atoms with E-state index in [1.54, 1.807) is 4.90 Å². The molecule has 0 radical (unpaired) electrons. The number of carbonyl (C=O) groups excluding carboxylic acids is 1. The molecule has 0 heterocycles. The number of carboxylic acids is 1. The van der Waals surface area contributed by atoms with Crippen LogP contribution in [0.4, 0.5) is 4.79 Å². The SMILES string of the molecule is CCN(C(=O)NCC1(CC(=O)O)CCC1)C(C)C. The van der Waals surface area contributed by atoms with E-state index in [-0.39, 0.29) is 23.9 Å². The summed E-state index contributed by atoms with van der Waals surface area (Å²) in [5, 5.41) is 11.8. The van der Waals surface area contributed by atoms with Crippen molar-refractivity contribution >= 4 is 12.0 Å². The summed E-state index contributed by atoms with van der Waals surface area (Å²) in [7, 11) is 0. The third-order valence-corrected chi connectivity index (χ3v) is 3.78. The van der Waals surface area contributed by atoms with E-state index in [1.807, 2.05) is 20.8 Å². The van der Waals surface area contributed by atoms with Crippen LogP contribution in [0.2, 0.25) is 0 Å². The summed E-state index contributed by atoms with van der Waals surface area (Å²) < 4.78 is 0. The van der Waals surface area contributed by atoms with Crippen LogP contribution in [0.15, 0.2) is 0 Å². The molecule has 0 aromatic rings. The van der Waals surface area contributed by atoms with Crippen LogP contribution in [-0.2, 0) is 4.79 Å². The van der Waals surface area contributed by atoms with E-state index in [9.17, 15) is 9.59 Å². The average molecular weight is 256 g/mol. The van der Waals surface area contributed by atoms with Gasteiger partial charge in [-0.05, 0) is 39.0 Å². The molecule has 1 aliphatic carbocycles. The van der Waals surface area contributed by atoms with Gasteiger partial charge in [0.05, 0.1) is 6.42 Å². The highest BCUT2D eigenvalue weighted by molar-refractivity contribution is 5.74. The van der Waals surface area contributed by atoms with Gasteiger partial charge in [0.25, 0.3) is 0 Å². The maximum atomic E-state index is 12.0. The zero-order chi connectivity index (χ0) is 13.8. The molecule has 104 valence electrons. The van der Waals surface area contributed by atoms with Crippen LogP contribution < -0.4 is 5.32 Å². The second kappa shape index (κ2) is 6.07. The number of hydrogen-bond donors (Lipinski definition) is 2. The molecule has 0 atom stereocenters. The van der Waals surface area contributed by atoms with Crippen LogP contribution in [0.3, 0.4) is 0 Å². The lowest BCUT2D eigenvalue weighted by atomic mass is 9.66. The van der Waals surface area contributed by atoms with E-state index in [0.717, 1.165) is 19.3 Å². The molecule has 0 unspecified atom stereocenters. The second-order valence-corrected chi connectivity index (χ2v) is 5.46. The molecule has 5 heteroatoms. The molecule has 5 nitrogen and oxygen atoms in total. The molecule has 0 aromatic heterocycles. The van der Waals surface area contributed by atoms with Crippen molar-refractivity contribution in [2.45, 2.75) is 52.5 Å². The lowest BCUT2D eigenvalue weighted by Crippen LogP contribution is -2.49. The Hall–Kier alpha value is -1.26. The molecule has 1 rings (SSSR count). The van der Waals surface area contributed by atoms with Crippen LogP contribution in [-0.4, -0.2) is 41.1 Å². The van der Waals surface area contributed by atoms with Crippen molar-refractivity contribution in [3.05, 3.63) is 0 Å². The zero-order valence-corrected chi connectivity index (χ0v) is 11.5. The third kappa shape index (κ3) is 3.62. The minimum absolute atomic E-state index is 0.0934. The quantitative estimate of drug-likeness (QED) is 0.764. The highest BCUT2D eigenvalue weighted by Gasteiger charge is 2.39. The van der Waals surface area contributed by atoms with Crippen molar-refractivity contribution in [1.29, 1.82) is 0 Å². The van der Waals surface area contributed by atoms with Crippen molar-refractivity contribution in [2.24, 2.45) is 5.41 Å². The molecule has 0 saturated heterocycles. The van der Waals surface area contributed by atoms with Gasteiger partial charge in [-0.1, -0.05) is 6.42 Å². The molecule has 0 aromatic carbocycles. The van der Waals surface area contributed by atoms with Gasteiger partial charge in [0.1, 0.15) is 0 Å². The summed E-state index contributed by atoms with van der Waals surface area (Å²) in [5.41, 5.74) is -0.210. The van der Waals surface area contributed by atoms with Gasteiger partial charge in [-0.25, -0.2) is 4.79 Å². The maximum Gasteiger partial charge on any atom is 0.317 e. The summed E-state index contributed by atoms with van der Waals surface area (Å²) in [4.78, 5) is 24.5. The minimum Gasteiger partial charge on any atom is -0.481 e. The number of nitrogens with zero attached hydrogens (tertiary/aromatic N) is 1. The van der Waals surface area contributed by atoms with Gasteiger partial charge >= 0.3 is 12.0 Å². The van der Waals surface area contributed by atoms with Crippen LogP contribution in [0.1, 0.15) is 46.5 Å². The molecule has 0 spiro atoms. The predicted octanol–water partition coefficient (Wildman–Crippen LogP) is 2.07. The van der Waals surface area contributed by atoms with E-state index in [4.69, 9.17) is 5.11 Å². The number of urea groups is 1. The topological polar surface area (TPSA) is 69.6 Å². The highest BCUT2D eigenvalue weighted by Crippen LogP contribution is 2.43. The highest BCUT2D eigenvalue weighted by atomic mass is 16.4. The fourth-order valence-electron chi connectivity index (χ4n) is 2.52. The van der Waals surface area contributed by atoms with E-state index < -0.39 is 5.97 Å². The van der Waals surface area contributed by atoms with Crippen molar-refractivity contribution in [3.8, 4) is 0 Å². The Balaban J connectivity index is 2.48. The van der Waals surface area contributed by atoms with E-state index in [1.165, 1.54) is 0 Å². The van der Waals surface area contributed by atoms with Crippen LogP contribution >= 0.6 is 0 Å². The first-order chi connectivity index (χ1) is 8.40. The molecule has 0 bridgehead atoms. The van der Waals surface area contributed by atoms with Crippen molar-refractivity contribution < 1.29 is 14.7 Å².